The number of benzene rings is 2. The molecule has 3 aromatic rings. The predicted octanol–water partition coefficient (Wildman–Crippen LogP) is 4.85. The van der Waals surface area contributed by atoms with Gasteiger partial charge in [-0.25, -0.2) is 0 Å². The number of hydrogen-bond acceptors (Lipinski definition) is 2. The lowest BCUT2D eigenvalue weighted by molar-refractivity contribution is 0.651. The fraction of sp³-hybridized carbons (Fsp3) is 0.316. The average Bonchev–Trinajstić information content (AvgIpc) is 2.49. The summed E-state index contributed by atoms with van der Waals surface area (Å²) in [5.41, 5.74) is 3.91. The SMILES string of the molecule is CCCc1cc(CCC)c2oc3ccccc3c(=O)c2c1. The van der Waals surface area contributed by atoms with E-state index in [1.54, 1.807) is 0 Å². The van der Waals surface area contributed by atoms with Crippen LogP contribution in [0.5, 0.6) is 0 Å². The van der Waals surface area contributed by atoms with Crippen LogP contribution in [0, 0.1) is 0 Å². The third-order valence-electron chi connectivity index (χ3n) is 3.87. The highest BCUT2D eigenvalue weighted by Crippen LogP contribution is 2.25. The van der Waals surface area contributed by atoms with E-state index in [1.165, 1.54) is 5.56 Å². The fourth-order valence-electron chi connectivity index (χ4n) is 2.93. The normalized spacial score (nSPS) is 11.3. The smallest absolute Gasteiger partial charge is 0.200 e. The van der Waals surface area contributed by atoms with E-state index < -0.39 is 0 Å². The molecule has 108 valence electrons. The summed E-state index contributed by atoms with van der Waals surface area (Å²) in [4.78, 5) is 12.7. The third-order valence-corrected chi connectivity index (χ3v) is 3.87. The molecule has 1 heterocycles. The zero-order valence-electron chi connectivity index (χ0n) is 12.6. The van der Waals surface area contributed by atoms with E-state index in [-0.39, 0.29) is 5.43 Å². The summed E-state index contributed by atoms with van der Waals surface area (Å²) in [6.45, 7) is 4.31. The second-order valence-corrected chi connectivity index (χ2v) is 5.56. The van der Waals surface area contributed by atoms with Crippen LogP contribution in [0.4, 0.5) is 0 Å². The van der Waals surface area contributed by atoms with Gasteiger partial charge in [0.1, 0.15) is 11.2 Å². The molecule has 0 aliphatic heterocycles. The molecule has 21 heavy (non-hydrogen) atoms. The van der Waals surface area contributed by atoms with Crippen LogP contribution in [-0.4, -0.2) is 0 Å². The van der Waals surface area contributed by atoms with Crippen molar-refractivity contribution in [3.63, 3.8) is 0 Å². The number of para-hydroxylation sites is 1. The summed E-state index contributed by atoms with van der Waals surface area (Å²) < 4.78 is 6.04. The zero-order chi connectivity index (χ0) is 14.8. The largest absolute Gasteiger partial charge is 0.456 e. The van der Waals surface area contributed by atoms with Gasteiger partial charge in [0.05, 0.1) is 10.8 Å². The maximum Gasteiger partial charge on any atom is 0.200 e. The molecule has 0 saturated carbocycles. The van der Waals surface area contributed by atoms with E-state index in [0.29, 0.717) is 11.0 Å². The maximum absolute atomic E-state index is 12.7. The Morgan fingerprint density at radius 1 is 0.952 bits per heavy atom. The predicted molar refractivity (Wildman–Crippen MR) is 88.0 cm³/mol. The molecule has 0 radical (unpaired) electrons. The van der Waals surface area contributed by atoms with Crippen molar-refractivity contribution in [2.75, 3.05) is 0 Å². The monoisotopic (exact) mass is 280 g/mol. The van der Waals surface area contributed by atoms with E-state index in [2.05, 4.69) is 19.9 Å². The van der Waals surface area contributed by atoms with Crippen molar-refractivity contribution in [1.82, 2.24) is 0 Å². The lowest BCUT2D eigenvalue weighted by atomic mass is 9.99. The Kier molecular flexibility index (Phi) is 3.78. The number of aryl methyl sites for hydroxylation is 2. The minimum Gasteiger partial charge on any atom is -0.456 e. The highest BCUT2D eigenvalue weighted by atomic mass is 16.3. The second-order valence-electron chi connectivity index (χ2n) is 5.56. The molecule has 0 bridgehead atoms. The molecule has 0 spiro atoms. The topological polar surface area (TPSA) is 30.2 Å². The highest BCUT2D eigenvalue weighted by Gasteiger charge is 2.12. The van der Waals surface area contributed by atoms with Crippen molar-refractivity contribution in [2.45, 2.75) is 39.5 Å². The molecule has 0 N–H and O–H groups in total. The molecule has 0 fully saturated rings. The molecule has 0 atom stereocenters. The van der Waals surface area contributed by atoms with E-state index in [0.717, 1.165) is 42.2 Å². The Morgan fingerprint density at radius 3 is 2.48 bits per heavy atom. The molecular formula is C19H20O2. The first kappa shape index (κ1) is 13.9. The van der Waals surface area contributed by atoms with Crippen LogP contribution in [0.2, 0.25) is 0 Å². The van der Waals surface area contributed by atoms with Crippen molar-refractivity contribution >= 4 is 21.9 Å². The van der Waals surface area contributed by atoms with Gasteiger partial charge in [-0.2, -0.15) is 0 Å². The lowest BCUT2D eigenvalue weighted by Crippen LogP contribution is -2.04. The summed E-state index contributed by atoms with van der Waals surface area (Å²) in [5, 5.41) is 1.39. The molecule has 2 heteroatoms. The van der Waals surface area contributed by atoms with E-state index in [9.17, 15) is 4.79 Å². The van der Waals surface area contributed by atoms with Gasteiger partial charge >= 0.3 is 0 Å². The third kappa shape index (κ3) is 2.46. The van der Waals surface area contributed by atoms with Gasteiger partial charge < -0.3 is 4.42 Å². The second kappa shape index (κ2) is 5.72. The van der Waals surface area contributed by atoms with Crippen LogP contribution in [0.15, 0.2) is 45.6 Å². The van der Waals surface area contributed by atoms with Gasteiger partial charge in [-0.1, -0.05) is 44.9 Å². The van der Waals surface area contributed by atoms with Crippen LogP contribution in [0.3, 0.4) is 0 Å². The first-order valence-corrected chi connectivity index (χ1v) is 7.72. The Morgan fingerprint density at radius 2 is 1.71 bits per heavy atom. The molecule has 0 aliphatic rings. The first-order valence-electron chi connectivity index (χ1n) is 7.72. The van der Waals surface area contributed by atoms with Gasteiger partial charge in [0.25, 0.3) is 0 Å². The van der Waals surface area contributed by atoms with Gasteiger partial charge in [-0.05, 0) is 42.2 Å². The highest BCUT2D eigenvalue weighted by molar-refractivity contribution is 5.91. The Bertz CT molecular complexity index is 843. The molecule has 0 unspecified atom stereocenters. The molecule has 2 aromatic carbocycles. The molecule has 1 aromatic heterocycles. The number of fused-ring (bicyclic) bond motifs is 2. The quantitative estimate of drug-likeness (QED) is 0.639. The van der Waals surface area contributed by atoms with Crippen molar-refractivity contribution < 1.29 is 4.42 Å². The van der Waals surface area contributed by atoms with Crippen LogP contribution in [0.1, 0.15) is 37.8 Å². The molecule has 3 rings (SSSR count). The van der Waals surface area contributed by atoms with E-state index >= 15 is 0 Å². The van der Waals surface area contributed by atoms with Crippen molar-refractivity contribution in [1.29, 1.82) is 0 Å². The van der Waals surface area contributed by atoms with Crippen LogP contribution >= 0.6 is 0 Å². The van der Waals surface area contributed by atoms with Crippen LogP contribution in [0.25, 0.3) is 21.9 Å². The van der Waals surface area contributed by atoms with Gasteiger partial charge in [0.2, 0.25) is 5.43 Å². The Labute approximate surface area is 124 Å². The van der Waals surface area contributed by atoms with Crippen LogP contribution < -0.4 is 5.43 Å². The summed E-state index contributed by atoms with van der Waals surface area (Å²) in [6.07, 6.45) is 4.06. The zero-order valence-corrected chi connectivity index (χ0v) is 12.6. The Balaban J connectivity index is 2.40. The van der Waals surface area contributed by atoms with Crippen molar-refractivity contribution in [3.05, 3.63) is 57.7 Å². The minimum absolute atomic E-state index is 0.0853. The van der Waals surface area contributed by atoms with Crippen molar-refractivity contribution in [3.8, 4) is 0 Å². The molecule has 0 amide bonds. The van der Waals surface area contributed by atoms with Gasteiger partial charge in [0.15, 0.2) is 0 Å². The molecule has 0 aliphatic carbocycles. The fourth-order valence-corrected chi connectivity index (χ4v) is 2.93. The number of hydrogen-bond donors (Lipinski definition) is 0. The summed E-state index contributed by atoms with van der Waals surface area (Å²) in [5.74, 6) is 0. The molecule has 0 saturated heterocycles. The van der Waals surface area contributed by atoms with Gasteiger partial charge in [0, 0.05) is 0 Å². The lowest BCUT2D eigenvalue weighted by Gasteiger charge is -2.09. The summed E-state index contributed by atoms with van der Waals surface area (Å²) in [6, 6.07) is 11.7. The van der Waals surface area contributed by atoms with E-state index in [4.69, 9.17) is 4.42 Å². The average molecular weight is 280 g/mol. The number of rotatable bonds is 4. The molecule has 2 nitrogen and oxygen atoms in total. The van der Waals surface area contributed by atoms with Gasteiger partial charge in [-0.15, -0.1) is 0 Å². The molecular weight excluding hydrogens is 260 g/mol. The van der Waals surface area contributed by atoms with Gasteiger partial charge in [-0.3, -0.25) is 4.79 Å². The summed E-state index contributed by atoms with van der Waals surface area (Å²) >= 11 is 0. The first-order chi connectivity index (χ1) is 10.2. The standard InChI is InChI=1S/C19H20O2/c1-3-7-13-11-14(8-4-2)19-16(12-13)18(20)15-9-5-6-10-17(15)21-19/h5-6,9-12H,3-4,7-8H2,1-2H3. The van der Waals surface area contributed by atoms with Crippen molar-refractivity contribution in [2.24, 2.45) is 0 Å². The maximum atomic E-state index is 12.7. The Hall–Kier alpha value is -2.09. The van der Waals surface area contributed by atoms with E-state index in [1.807, 2.05) is 30.3 Å². The minimum atomic E-state index is 0.0853. The van der Waals surface area contributed by atoms with Crippen LogP contribution in [-0.2, 0) is 12.8 Å². The summed E-state index contributed by atoms with van der Waals surface area (Å²) in [7, 11) is 0.